The van der Waals surface area contributed by atoms with Crippen LogP contribution < -0.4 is 5.32 Å². The van der Waals surface area contributed by atoms with Gasteiger partial charge in [-0.05, 0) is 30.0 Å². The van der Waals surface area contributed by atoms with Gasteiger partial charge in [0, 0.05) is 23.7 Å². The van der Waals surface area contributed by atoms with Crippen molar-refractivity contribution in [2.24, 2.45) is 5.92 Å². The summed E-state index contributed by atoms with van der Waals surface area (Å²) in [5.74, 6) is 0.239. The first-order valence-corrected chi connectivity index (χ1v) is 10.3. The summed E-state index contributed by atoms with van der Waals surface area (Å²) in [6.07, 6.45) is 8.30. The lowest BCUT2D eigenvalue weighted by Gasteiger charge is -2.32. The molecule has 1 amide bonds. The molecule has 1 fully saturated rings. The summed E-state index contributed by atoms with van der Waals surface area (Å²) in [6.45, 7) is 0.469. The number of thiazole rings is 1. The van der Waals surface area contributed by atoms with Crippen molar-refractivity contribution in [1.82, 2.24) is 9.88 Å². The van der Waals surface area contributed by atoms with Crippen LogP contribution in [-0.2, 0) is 11.3 Å². The summed E-state index contributed by atoms with van der Waals surface area (Å²) in [6, 6.07) is 4.09. The molecule has 0 bridgehead atoms. The number of carbonyl (C=O) groups excluding carboxylic acids is 1. The molecule has 2 N–H and O–H groups in total. The summed E-state index contributed by atoms with van der Waals surface area (Å²) < 4.78 is 13.6. The van der Waals surface area contributed by atoms with E-state index in [1.807, 2.05) is 10.3 Å². The fraction of sp³-hybridized carbons (Fsp3) is 0.450. The van der Waals surface area contributed by atoms with Crippen LogP contribution in [0.2, 0.25) is 0 Å². The van der Waals surface area contributed by atoms with Gasteiger partial charge in [-0.3, -0.25) is 10.2 Å². The van der Waals surface area contributed by atoms with E-state index in [2.05, 4.69) is 10.3 Å². The van der Waals surface area contributed by atoms with Crippen LogP contribution >= 0.6 is 11.3 Å². The molecule has 27 heavy (non-hydrogen) atoms. The van der Waals surface area contributed by atoms with E-state index in [1.54, 1.807) is 12.3 Å². The number of amidine groups is 1. The second kappa shape index (κ2) is 7.76. The number of carbonyl (C=O) groups is 1. The quantitative estimate of drug-likeness (QED) is 0.800. The van der Waals surface area contributed by atoms with Crippen molar-refractivity contribution in [3.8, 4) is 0 Å². The molecule has 0 spiro atoms. The zero-order valence-electron chi connectivity index (χ0n) is 15.1. The Bertz CT molecular complexity index is 833. The monoisotopic (exact) mass is 386 g/mol. The van der Waals surface area contributed by atoms with Crippen molar-refractivity contribution in [2.45, 2.75) is 51.1 Å². The van der Waals surface area contributed by atoms with Crippen LogP contribution in [-0.4, -0.2) is 27.7 Å². The molecule has 1 unspecified atom stereocenters. The van der Waals surface area contributed by atoms with E-state index in [-0.39, 0.29) is 17.6 Å². The van der Waals surface area contributed by atoms with Crippen molar-refractivity contribution in [3.63, 3.8) is 0 Å². The fourth-order valence-electron chi connectivity index (χ4n) is 4.18. The van der Waals surface area contributed by atoms with Gasteiger partial charge in [0.2, 0.25) is 5.91 Å². The predicted molar refractivity (Wildman–Crippen MR) is 104 cm³/mol. The van der Waals surface area contributed by atoms with Gasteiger partial charge in [0.05, 0.1) is 0 Å². The number of nitrogens with one attached hydrogen (secondary N) is 2. The SMILES string of the molecule is N=C1c2cc(F)ccc2CN1C(CC1CCCCC1)C(=O)Nc1nccs1. The summed E-state index contributed by atoms with van der Waals surface area (Å²) in [5.41, 5.74) is 1.49. The highest BCUT2D eigenvalue weighted by molar-refractivity contribution is 7.13. The Kier molecular flexibility index (Phi) is 5.20. The van der Waals surface area contributed by atoms with Crippen LogP contribution in [0.3, 0.4) is 0 Å². The van der Waals surface area contributed by atoms with E-state index < -0.39 is 6.04 Å². The van der Waals surface area contributed by atoms with Crippen LogP contribution in [0.25, 0.3) is 0 Å². The normalized spacial score (nSPS) is 18.4. The number of fused-ring (bicyclic) bond motifs is 1. The topological polar surface area (TPSA) is 69.1 Å². The number of hydrogen-bond acceptors (Lipinski definition) is 4. The lowest BCUT2D eigenvalue weighted by Crippen LogP contribution is -2.45. The first-order chi connectivity index (χ1) is 13.1. The van der Waals surface area contributed by atoms with Gasteiger partial charge in [0.1, 0.15) is 17.7 Å². The zero-order valence-corrected chi connectivity index (χ0v) is 15.9. The Morgan fingerprint density at radius 2 is 2.19 bits per heavy atom. The van der Waals surface area contributed by atoms with E-state index in [0.29, 0.717) is 23.2 Å². The minimum atomic E-state index is -0.444. The molecule has 5 nitrogen and oxygen atoms in total. The third kappa shape index (κ3) is 3.88. The van der Waals surface area contributed by atoms with Gasteiger partial charge in [-0.25, -0.2) is 9.37 Å². The molecule has 0 saturated heterocycles. The Labute approximate surface area is 162 Å². The van der Waals surface area contributed by atoms with Crippen molar-refractivity contribution in [1.29, 1.82) is 5.41 Å². The molecule has 1 aliphatic heterocycles. The molecule has 1 aromatic heterocycles. The third-order valence-corrected chi connectivity index (χ3v) is 6.27. The Balaban J connectivity index is 1.57. The highest BCUT2D eigenvalue weighted by Crippen LogP contribution is 2.33. The Morgan fingerprint density at radius 3 is 2.93 bits per heavy atom. The van der Waals surface area contributed by atoms with Gasteiger partial charge in [-0.15, -0.1) is 11.3 Å². The molecular weight excluding hydrogens is 363 g/mol. The van der Waals surface area contributed by atoms with Gasteiger partial charge in [-0.2, -0.15) is 0 Å². The van der Waals surface area contributed by atoms with Crippen LogP contribution in [0.5, 0.6) is 0 Å². The van der Waals surface area contributed by atoms with Gasteiger partial charge in [0.25, 0.3) is 0 Å². The second-order valence-electron chi connectivity index (χ2n) is 7.36. The van der Waals surface area contributed by atoms with Gasteiger partial charge in [0.15, 0.2) is 5.13 Å². The van der Waals surface area contributed by atoms with Gasteiger partial charge < -0.3 is 10.2 Å². The first kappa shape index (κ1) is 18.1. The number of aromatic nitrogens is 1. The molecule has 2 aliphatic rings. The Morgan fingerprint density at radius 1 is 1.37 bits per heavy atom. The summed E-state index contributed by atoms with van der Waals surface area (Å²) in [4.78, 5) is 19.0. The molecule has 1 aliphatic carbocycles. The van der Waals surface area contributed by atoms with Crippen LogP contribution in [0.4, 0.5) is 9.52 Å². The van der Waals surface area contributed by atoms with E-state index in [9.17, 15) is 9.18 Å². The van der Waals surface area contributed by atoms with Gasteiger partial charge >= 0.3 is 0 Å². The van der Waals surface area contributed by atoms with Crippen LogP contribution in [0.1, 0.15) is 49.7 Å². The van der Waals surface area contributed by atoms with Crippen LogP contribution in [0, 0.1) is 17.1 Å². The molecule has 142 valence electrons. The van der Waals surface area contributed by atoms with Crippen molar-refractivity contribution in [2.75, 3.05) is 5.32 Å². The maximum absolute atomic E-state index is 13.6. The smallest absolute Gasteiger partial charge is 0.248 e. The van der Waals surface area contributed by atoms with E-state index >= 15 is 0 Å². The highest BCUT2D eigenvalue weighted by Gasteiger charge is 2.36. The van der Waals surface area contributed by atoms with Gasteiger partial charge in [-0.1, -0.05) is 38.2 Å². The maximum Gasteiger partial charge on any atom is 0.248 e. The summed E-state index contributed by atoms with van der Waals surface area (Å²) in [7, 11) is 0. The van der Waals surface area contributed by atoms with E-state index in [1.165, 1.54) is 42.7 Å². The first-order valence-electron chi connectivity index (χ1n) is 9.46. The molecule has 1 saturated carbocycles. The molecule has 1 atom stereocenters. The second-order valence-corrected chi connectivity index (χ2v) is 8.25. The van der Waals surface area contributed by atoms with Crippen molar-refractivity contribution < 1.29 is 9.18 Å². The van der Waals surface area contributed by atoms with E-state index in [0.717, 1.165) is 24.8 Å². The molecule has 1 aromatic carbocycles. The summed E-state index contributed by atoms with van der Waals surface area (Å²) >= 11 is 1.38. The Hall–Kier alpha value is -2.28. The minimum absolute atomic E-state index is 0.131. The number of hydrogen-bond donors (Lipinski definition) is 2. The zero-order chi connectivity index (χ0) is 18.8. The van der Waals surface area contributed by atoms with Crippen molar-refractivity contribution in [3.05, 3.63) is 46.7 Å². The number of anilines is 1. The largest absolute Gasteiger partial charge is 0.340 e. The van der Waals surface area contributed by atoms with Crippen molar-refractivity contribution >= 4 is 28.2 Å². The molecule has 2 aromatic rings. The number of rotatable bonds is 5. The number of benzene rings is 1. The maximum atomic E-state index is 13.6. The highest BCUT2D eigenvalue weighted by atomic mass is 32.1. The molecule has 7 heteroatoms. The lowest BCUT2D eigenvalue weighted by molar-refractivity contribution is -0.120. The minimum Gasteiger partial charge on any atom is -0.340 e. The third-order valence-electron chi connectivity index (χ3n) is 5.58. The standard InChI is InChI=1S/C20H23FN4OS/c21-15-7-6-14-12-25(18(22)16(14)11-15)17(10-13-4-2-1-3-5-13)19(26)24-20-23-8-9-27-20/h6-9,11,13,17,22H,1-5,10,12H2,(H,23,24,26). The average Bonchev–Trinajstić information content (AvgIpc) is 3.29. The fourth-order valence-corrected chi connectivity index (χ4v) is 4.71. The number of amides is 1. The molecule has 2 heterocycles. The van der Waals surface area contributed by atoms with E-state index in [4.69, 9.17) is 5.41 Å². The molecular formula is C20H23FN4OS. The number of nitrogens with zero attached hydrogens (tertiary/aromatic N) is 2. The van der Waals surface area contributed by atoms with Crippen LogP contribution in [0.15, 0.2) is 29.8 Å². The lowest BCUT2D eigenvalue weighted by atomic mass is 9.84. The molecule has 4 rings (SSSR count). The molecule has 0 radical (unpaired) electrons. The number of halogens is 1. The average molecular weight is 386 g/mol. The predicted octanol–water partition coefficient (Wildman–Crippen LogP) is 4.40. The summed E-state index contributed by atoms with van der Waals surface area (Å²) in [5, 5.41) is 13.8.